The van der Waals surface area contributed by atoms with Crippen LogP contribution in [0.5, 0.6) is 0 Å². The van der Waals surface area contributed by atoms with E-state index >= 15 is 0 Å². The van der Waals surface area contributed by atoms with Gasteiger partial charge in [0.1, 0.15) is 0 Å². The fourth-order valence-corrected chi connectivity index (χ4v) is 4.02. The van der Waals surface area contributed by atoms with Crippen LogP contribution in [0.1, 0.15) is 31.8 Å². The number of morpholine rings is 1. The van der Waals surface area contributed by atoms with Crippen LogP contribution in [-0.2, 0) is 11.3 Å². The number of benzene rings is 3. The van der Waals surface area contributed by atoms with E-state index in [1.807, 2.05) is 75.6 Å². The summed E-state index contributed by atoms with van der Waals surface area (Å²) in [5, 5.41) is 5.93. The first-order valence-corrected chi connectivity index (χ1v) is 11.8. The van der Waals surface area contributed by atoms with Crippen molar-refractivity contribution in [3.8, 4) is 0 Å². The molecule has 0 bridgehead atoms. The molecule has 7 nitrogen and oxygen atoms in total. The zero-order valence-electron chi connectivity index (χ0n) is 20.5. The Labute approximate surface area is 206 Å². The van der Waals surface area contributed by atoms with Gasteiger partial charge in [0, 0.05) is 47.8 Å². The van der Waals surface area contributed by atoms with Crippen molar-refractivity contribution < 1.29 is 14.3 Å². The van der Waals surface area contributed by atoms with Crippen molar-refractivity contribution in [2.24, 2.45) is 0 Å². The molecule has 1 aliphatic rings. The molecular weight excluding hydrogens is 440 g/mol. The highest BCUT2D eigenvalue weighted by atomic mass is 16.5. The Balaban J connectivity index is 1.44. The van der Waals surface area contributed by atoms with Gasteiger partial charge >= 0.3 is 0 Å². The van der Waals surface area contributed by atoms with Crippen molar-refractivity contribution in [2.75, 3.05) is 55.9 Å². The lowest BCUT2D eigenvalue weighted by atomic mass is 10.1. The van der Waals surface area contributed by atoms with Crippen LogP contribution in [0.15, 0.2) is 66.7 Å². The fraction of sp³-hybridized carbons (Fsp3) is 0.286. The summed E-state index contributed by atoms with van der Waals surface area (Å²) in [5.74, 6) is -0.437. The Morgan fingerprint density at radius 1 is 0.886 bits per heavy atom. The van der Waals surface area contributed by atoms with E-state index in [1.165, 1.54) is 0 Å². The number of rotatable bonds is 7. The minimum atomic E-state index is -0.229. The number of aryl methyl sites for hydroxylation is 1. The van der Waals surface area contributed by atoms with E-state index in [9.17, 15) is 9.59 Å². The van der Waals surface area contributed by atoms with Gasteiger partial charge in [0.2, 0.25) is 0 Å². The molecule has 0 unspecified atom stereocenters. The molecule has 1 aliphatic heterocycles. The second kappa shape index (κ2) is 11.2. The van der Waals surface area contributed by atoms with Gasteiger partial charge in [0.25, 0.3) is 11.8 Å². The van der Waals surface area contributed by atoms with E-state index in [4.69, 9.17) is 4.74 Å². The predicted octanol–water partition coefficient (Wildman–Crippen LogP) is 4.40. The Kier molecular flexibility index (Phi) is 7.80. The summed E-state index contributed by atoms with van der Waals surface area (Å²) < 4.78 is 5.43. The molecule has 1 fully saturated rings. The number of amides is 2. The summed E-state index contributed by atoms with van der Waals surface area (Å²) in [6.45, 7) is 5.79. The molecule has 3 aromatic carbocycles. The van der Waals surface area contributed by atoms with Crippen LogP contribution in [0.25, 0.3) is 0 Å². The Hall–Kier alpha value is -3.68. The second-order valence-electron chi connectivity index (χ2n) is 9.02. The van der Waals surface area contributed by atoms with Crippen LogP contribution in [0, 0.1) is 6.92 Å². The number of ether oxygens (including phenoxy) is 1. The number of hydrogen-bond acceptors (Lipinski definition) is 5. The largest absolute Gasteiger partial charge is 0.378 e. The number of hydrogen-bond donors (Lipinski definition) is 2. The van der Waals surface area contributed by atoms with Gasteiger partial charge in [-0.05, 0) is 74.6 Å². The molecule has 0 spiro atoms. The molecule has 7 heteroatoms. The van der Waals surface area contributed by atoms with Gasteiger partial charge < -0.3 is 25.2 Å². The molecule has 0 radical (unpaired) electrons. The van der Waals surface area contributed by atoms with Gasteiger partial charge in [-0.3, -0.25) is 9.59 Å². The molecule has 3 aromatic rings. The third-order valence-corrected chi connectivity index (χ3v) is 5.94. The lowest BCUT2D eigenvalue weighted by Crippen LogP contribution is -2.36. The number of nitrogens with zero attached hydrogens (tertiary/aromatic N) is 2. The van der Waals surface area contributed by atoms with Gasteiger partial charge in [0.05, 0.1) is 13.2 Å². The Bertz CT molecular complexity index is 1190. The normalized spacial score (nSPS) is 13.5. The molecule has 4 rings (SSSR count). The summed E-state index contributed by atoms with van der Waals surface area (Å²) in [6.07, 6.45) is 0. The van der Waals surface area contributed by atoms with Crippen molar-refractivity contribution >= 4 is 28.9 Å². The van der Waals surface area contributed by atoms with Gasteiger partial charge in [-0.25, -0.2) is 0 Å². The maximum atomic E-state index is 13.0. The van der Waals surface area contributed by atoms with Crippen molar-refractivity contribution in [1.82, 2.24) is 4.90 Å². The lowest BCUT2D eigenvalue weighted by Gasteiger charge is -2.29. The molecule has 0 saturated carbocycles. The van der Waals surface area contributed by atoms with E-state index in [-0.39, 0.29) is 11.8 Å². The zero-order valence-corrected chi connectivity index (χ0v) is 20.5. The second-order valence-corrected chi connectivity index (χ2v) is 9.02. The first-order chi connectivity index (χ1) is 16.9. The van der Waals surface area contributed by atoms with Crippen molar-refractivity contribution in [3.63, 3.8) is 0 Å². The minimum Gasteiger partial charge on any atom is -0.378 e. The number of carbonyl (C=O) groups is 2. The molecule has 0 aromatic heterocycles. The quantitative estimate of drug-likeness (QED) is 0.533. The van der Waals surface area contributed by atoms with Crippen molar-refractivity contribution in [2.45, 2.75) is 13.5 Å². The number of anilines is 3. The summed E-state index contributed by atoms with van der Waals surface area (Å²) in [5.41, 5.74) is 5.46. The molecular formula is C28H32N4O3. The van der Waals surface area contributed by atoms with Crippen LogP contribution < -0.4 is 15.5 Å². The highest BCUT2D eigenvalue weighted by molar-refractivity contribution is 6.08. The fourth-order valence-electron chi connectivity index (χ4n) is 4.02. The molecule has 182 valence electrons. The summed E-state index contributed by atoms with van der Waals surface area (Å²) in [4.78, 5) is 30.1. The van der Waals surface area contributed by atoms with Crippen LogP contribution in [-0.4, -0.2) is 57.1 Å². The smallest absolute Gasteiger partial charge is 0.255 e. The number of nitrogens with one attached hydrogen (secondary N) is 2. The topological polar surface area (TPSA) is 73.9 Å². The van der Waals surface area contributed by atoms with E-state index in [2.05, 4.69) is 20.4 Å². The van der Waals surface area contributed by atoms with Crippen LogP contribution in [0.2, 0.25) is 0 Å². The third-order valence-electron chi connectivity index (χ3n) is 5.94. The van der Waals surface area contributed by atoms with Gasteiger partial charge in [-0.2, -0.15) is 0 Å². The predicted molar refractivity (Wildman–Crippen MR) is 140 cm³/mol. The van der Waals surface area contributed by atoms with Crippen LogP contribution >= 0.6 is 0 Å². The molecule has 35 heavy (non-hydrogen) atoms. The van der Waals surface area contributed by atoms with E-state index in [0.29, 0.717) is 30.0 Å². The standard InChI is InChI=1S/C28H32N4O3/c1-20-7-10-23(17-26(20)30-27(33)22-11-8-21(9-12-22)19-31(2)3)28(34)29-24-5-4-6-25(18-24)32-13-15-35-16-14-32/h4-12,17-18H,13-16,19H2,1-3H3,(H,29,34)(H,30,33). The maximum absolute atomic E-state index is 13.0. The first kappa shape index (κ1) is 24.4. The highest BCUT2D eigenvalue weighted by Crippen LogP contribution is 2.23. The first-order valence-electron chi connectivity index (χ1n) is 11.8. The summed E-state index contributed by atoms with van der Waals surface area (Å²) >= 11 is 0. The van der Waals surface area contributed by atoms with Gasteiger partial charge in [-0.1, -0.05) is 24.3 Å². The third kappa shape index (κ3) is 6.47. The minimum absolute atomic E-state index is 0.208. The van der Waals surface area contributed by atoms with E-state index in [0.717, 1.165) is 42.1 Å². The van der Waals surface area contributed by atoms with E-state index < -0.39 is 0 Å². The molecule has 0 atom stereocenters. The average Bonchev–Trinajstić information content (AvgIpc) is 2.86. The molecule has 0 aliphatic carbocycles. The Morgan fingerprint density at radius 2 is 1.57 bits per heavy atom. The maximum Gasteiger partial charge on any atom is 0.255 e. The molecule has 2 amide bonds. The monoisotopic (exact) mass is 472 g/mol. The Morgan fingerprint density at radius 3 is 2.29 bits per heavy atom. The molecule has 2 N–H and O–H groups in total. The zero-order chi connectivity index (χ0) is 24.8. The van der Waals surface area contributed by atoms with Crippen molar-refractivity contribution in [3.05, 3.63) is 89.0 Å². The molecule has 1 heterocycles. The summed E-state index contributed by atoms with van der Waals surface area (Å²) in [6, 6.07) is 20.7. The van der Waals surface area contributed by atoms with Gasteiger partial charge in [0.15, 0.2) is 0 Å². The van der Waals surface area contributed by atoms with E-state index in [1.54, 1.807) is 12.1 Å². The SMILES string of the molecule is Cc1ccc(C(=O)Nc2cccc(N3CCOCC3)c2)cc1NC(=O)c1ccc(CN(C)C)cc1. The summed E-state index contributed by atoms with van der Waals surface area (Å²) in [7, 11) is 4.01. The van der Waals surface area contributed by atoms with Crippen molar-refractivity contribution in [1.29, 1.82) is 0 Å². The van der Waals surface area contributed by atoms with Crippen LogP contribution in [0.4, 0.5) is 17.1 Å². The number of carbonyl (C=O) groups excluding carboxylic acids is 2. The molecule has 1 saturated heterocycles. The van der Waals surface area contributed by atoms with Gasteiger partial charge in [-0.15, -0.1) is 0 Å². The highest BCUT2D eigenvalue weighted by Gasteiger charge is 2.14. The lowest BCUT2D eigenvalue weighted by molar-refractivity contribution is 0.101. The van der Waals surface area contributed by atoms with Crippen LogP contribution in [0.3, 0.4) is 0 Å². The average molecular weight is 473 g/mol.